The van der Waals surface area contributed by atoms with Crippen molar-refractivity contribution in [3.8, 4) is 0 Å². The van der Waals surface area contributed by atoms with Crippen molar-refractivity contribution in [1.82, 2.24) is 0 Å². The number of ether oxygens (including phenoxy) is 14. The van der Waals surface area contributed by atoms with Gasteiger partial charge in [0.2, 0.25) is 0 Å². The van der Waals surface area contributed by atoms with Crippen LogP contribution in [0.3, 0.4) is 0 Å². The lowest BCUT2D eigenvalue weighted by molar-refractivity contribution is -0.142. The number of methoxy groups -OCH3 is 4. The molecule has 0 aromatic carbocycles. The maximum Gasteiger partial charge on any atom is 0.333 e. The van der Waals surface area contributed by atoms with E-state index in [0.29, 0.717) is 48.7 Å². The second kappa shape index (κ2) is 78.9. The van der Waals surface area contributed by atoms with Crippen molar-refractivity contribution in [3.63, 3.8) is 0 Å². The SMILES string of the molecule is C=C(C)C(=O)OCC(C)O.C=C(C)C(=O)OCC(C)OC.C=C(C)C(=O)OCCCS(=O)(=O)[O-].C=C(C)C(=O)OCCO.C=C(C)C(=O)OCCOC.C=CC(=O)OCC(C)O.C=CC(=O)OCC(C)OC.C=CC(=O)OCCCS(=O)(=O)[O-].C=CC(=O)OCCO.C=CC(=O)OCCOC. The Hall–Kier alpha value is -8.40. The first kappa shape index (κ1) is 114. The van der Waals surface area contributed by atoms with Gasteiger partial charge in [0.15, 0.2) is 0 Å². The third kappa shape index (κ3) is 116. The van der Waals surface area contributed by atoms with Crippen LogP contribution in [0.2, 0.25) is 0 Å². The largest absolute Gasteiger partial charge is 0.748 e. The summed E-state index contributed by atoms with van der Waals surface area (Å²) in [6.07, 6.45) is 4.04. The van der Waals surface area contributed by atoms with Crippen LogP contribution in [-0.4, -0.2) is 263 Å². The van der Waals surface area contributed by atoms with E-state index < -0.39 is 91.7 Å². The summed E-state index contributed by atoms with van der Waals surface area (Å²) in [5.74, 6) is -5.71. The maximum absolute atomic E-state index is 10.8. The topological polar surface area (TPSA) is 495 Å². The van der Waals surface area contributed by atoms with Crippen molar-refractivity contribution in [2.75, 3.05) is 132 Å². The molecule has 0 aromatic rings. The minimum atomic E-state index is -4.21. The first-order chi connectivity index (χ1) is 46.7. The molecule has 0 radical (unpaired) electrons. The van der Waals surface area contributed by atoms with E-state index in [1.165, 1.54) is 13.8 Å². The van der Waals surface area contributed by atoms with Gasteiger partial charge >= 0.3 is 59.7 Å². The Morgan fingerprint density at radius 2 is 0.574 bits per heavy atom. The third-order valence-corrected chi connectivity index (χ3v) is 10.1. The van der Waals surface area contributed by atoms with Gasteiger partial charge in [-0.05, 0) is 75.2 Å². The van der Waals surface area contributed by atoms with E-state index in [0.717, 1.165) is 30.4 Å². The zero-order chi connectivity index (χ0) is 81.1. The molecule has 4 unspecified atom stereocenters. The van der Waals surface area contributed by atoms with Crippen LogP contribution in [0.5, 0.6) is 0 Å². The summed E-state index contributed by atoms with van der Waals surface area (Å²) in [6, 6.07) is 0. The van der Waals surface area contributed by atoms with Crippen LogP contribution >= 0.6 is 0 Å². The van der Waals surface area contributed by atoms with Crippen LogP contribution in [-0.2, 0) is 134 Å². The fraction of sp³-hybridized carbons (Fsp3) is 0.538. The molecule has 0 amide bonds. The summed E-state index contributed by atoms with van der Waals surface area (Å²) in [6.45, 7) is 49.1. The fourth-order valence-electron chi connectivity index (χ4n) is 3.38. The zero-order valence-corrected chi connectivity index (χ0v) is 62.0. The summed E-state index contributed by atoms with van der Waals surface area (Å²) < 4.78 is 125. The molecule has 0 heterocycles. The highest BCUT2D eigenvalue weighted by Crippen LogP contribution is 1.98. The number of aliphatic hydroxyl groups is 4. The molecule has 34 nitrogen and oxygen atoms in total. The maximum atomic E-state index is 10.8. The van der Waals surface area contributed by atoms with E-state index in [2.05, 4.69) is 118 Å². The average molecular weight is 1500 g/mol. The summed E-state index contributed by atoms with van der Waals surface area (Å²) in [7, 11) is -2.18. The minimum absolute atomic E-state index is 0.0187. The normalized spacial score (nSPS) is 10.6. The third-order valence-electron chi connectivity index (χ3n) is 8.48. The average Bonchev–Trinajstić information content (AvgIpc) is 1.96. The zero-order valence-electron chi connectivity index (χ0n) is 60.3. The van der Waals surface area contributed by atoms with Crippen molar-refractivity contribution in [2.24, 2.45) is 0 Å². The van der Waals surface area contributed by atoms with Crippen molar-refractivity contribution in [2.45, 2.75) is 99.6 Å². The van der Waals surface area contributed by atoms with Crippen molar-refractivity contribution >= 4 is 79.9 Å². The highest BCUT2D eigenvalue weighted by molar-refractivity contribution is 7.85. The van der Waals surface area contributed by atoms with Gasteiger partial charge < -0.3 is 95.8 Å². The Labute approximate surface area is 594 Å². The predicted molar refractivity (Wildman–Crippen MR) is 367 cm³/mol. The Balaban J connectivity index is -0.000000114. The molecule has 0 aliphatic carbocycles. The number of hydrogen-bond acceptors (Lipinski definition) is 34. The van der Waals surface area contributed by atoms with Crippen LogP contribution in [0.4, 0.5) is 0 Å². The number of esters is 10. The highest BCUT2D eigenvalue weighted by Gasteiger charge is 2.08. The lowest BCUT2D eigenvalue weighted by Crippen LogP contribution is -2.17. The lowest BCUT2D eigenvalue weighted by Gasteiger charge is -2.09. The molecular formula is C65H108O34S2-2. The van der Waals surface area contributed by atoms with Gasteiger partial charge in [0.05, 0.1) is 84.3 Å². The van der Waals surface area contributed by atoms with E-state index in [1.54, 1.807) is 63.1 Å². The van der Waals surface area contributed by atoms with Crippen LogP contribution < -0.4 is 0 Å². The lowest BCUT2D eigenvalue weighted by atomic mass is 10.3. The monoisotopic (exact) mass is 1500 g/mol. The molecule has 0 saturated heterocycles. The van der Waals surface area contributed by atoms with Crippen molar-refractivity contribution in [3.05, 3.63) is 124 Å². The molecule has 0 bridgehead atoms. The Kier molecular flexibility index (Phi) is 89.0. The molecule has 101 heavy (non-hydrogen) atoms. The van der Waals surface area contributed by atoms with Gasteiger partial charge in [-0.2, -0.15) is 0 Å². The van der Waals surface area contributed by atoms with Gasteiger partial charge in [-0.15, -0.1) is 0 Å². The van der Waals surface area contributed by atoms with Crippen molar-refractivity contribution in [1.29, 1.82) is 0 Å². The van der Waals surface area contributed by atoms with Gasteiger partial charge in [0, 0.05) is 98.2 Å². The van der Waals surface area contributed by atoms with E-state index in [1.807, 2.05) is 13.8 Å². The highest BCUT2D eigenvalue weighted by atomic mass is 32.2. The van der Waals surface area contributed by atoms with Crippen LogP contribution in [0, 0.1) is 0 Å². The Morgan fingerprint density at radius 3 is 0.851 bits per heavy atom. The van der Waals surface area contributed by atoms with Crippen molar-refractivity contribution < 1.29 is 161 Å². The molecule has 0 aromatic heterocycles. The van der Waals surface area contributed by atoms with Gasteiger partial charge in [0.1, 0.15) is 52.9 Å². The molecule has 0 saturated carbocycles. The van der Waals surface area contributed by atoms with Gasteiger partial charge in [0.25, 0.3) is 0 Å². The standard InChI is InChI=1S/C8H14O3.C7H12O5S.3C7H12O3.C6H10O5S.3C6H10O3.C5H8O3/c1-6(2)8(9)11-5-7(3)10-4;1-6(2)7(8)12-4-3-5-13(9,10)11;1-6(2)7(8)10-5-4-9-3;1-5(2)7(9)10-4-6(3)8;1-4-7(8)10-5-6(2)9-3;1-2-6(7)11-4-3-5-12(8,9)10;1-5(2)6(8)9-4-3-7;1-3-6(7)9-5-4-8-2;1-3-6(8)9-4-5(2)7;1-2-5(7)8-4-3-6/h7H,1,5H2,2-4H3;1,3-5H2,2H3,(H,9,10,11);1,4-5H2,2-3H3;6,8H,1,4H2,2-3H3;4,6H,1,5H2,2-3H3;2H,1,3-5H2,(H,8,9,10);7H,1,3-4H2,2H3;3H,1,4-5H2,2H3;3,5,7H,1,4H2,2H3;2,6H,1,3-4H2/p-2. The van der Waals surface area contributed by atoms with Gasteiger partial charge in [-0.25, -0.2) is 64.8 Å². The molecular weight excluding hydrogens is 1390 g/mol. The summed E-state index contributed by atoms with van der Waals surface area (Å²) in [4.78, 5) is 105. The Bertz CT molecular complexity index is 2660. The molecule has 0 aliphatic heterocycles. The predicted octanol–water partition coefficient (Wildman–Crippen LogP) is 3.09. The van der Waals surface area contributed by atoms with Gasteiger partial charge in [-0.3, -0.25) is 0 Å². The number of hydrogen-bond donors (Lipinski definition) is 4. The summed E-state index contributed by atoms with van der Waals surface area (Å²) in [5, 5.41) is 33.6. The second-order valence-corrected chi connectivity index (χ2v) is 21.8. The molecule has 0 spiro atoms. The second-order valence-electron chi connectivity index (χ2n) is 18.7. The molecule has 586 valence electrons. The number of carbonyl (C=O) groups excluding carboxylic acids is 10. The van der Waals surface area contributed by atoms with E-state index in [9.17, 15) is 73.9 Å². The molecule has 4 atom stereocenters. The van der Waals surface area contributed by atoms with E-state index in [-0.39, 0.29) is 109 Å². The quantitative estimate of drug-likeness (QED) is 0.0227. The molecule has 0 rings (SSSR count). The van der Waals surface area contributed by atoms with Gasteiger partial charge in [-0.1, -0.05) is 65.8 Å². The number of aliphatic hydroxyl groups excluding tert-OH is 4. The smallest absolute Gasteiger partial charge is 0.333 e. The summed E-state index contributed by atoms with van der Waals surface area (Å²) >= 11 is 0. The van der Waals surface area contributed by atoms with Crippen LogP contribution in [0.15, 0.2) is 124 Å². The van der Waals surface area contributed by atoms with Crippen LogP contribution in [0.1, 0.15) is 75.2 Å². The fourth-order valence-corrected chi connectivity index (χ4v) is 4.32. The molecule has 0 fully saturated rings. The summed E-state index contributed by atoms with van der Waals surface area (Å²) in [5.41, 5.74) is 1.76. The van der Waals surface area contributed by atoms with E-state index >= 15 is 0 Å². The van der Waals surface area contributed by atoms with E-state index in [4.69, 9.17) is 34.6 Å². The van der Waals surface area contributed by atoms with Crippen LogP contribution in [0.25, 0.3) is 0 Å². The number of rotatable bonds is 38. The Morgan fingerprint density at radius 1 is 0.356 bits per heavy atom. The molecule has 36 heteroatoms. The molecule has 4 N–H and O–H groups in total. The minimum Gasteiger partial charge on any atom is -0.748 e. The first-order valence-electron chi connectivity index (χ1n) is 29.3. The molecule has 0 aliphatic rings. The first-order valence-corrected chi connectivity index (χ1v) is 32.5. The number of carbonyl (C=O) groups is 10.